The van der Waals surface area contributed by atoms with Crippen LogP contribution in [-0.2, 0) is 0 Å². The van der Waals surface area contributed by atoms with E-state index in [0.29, 0.717) is 16.8 Å². The first kappa shape index (κ1) is 20.5. The fraction of sp³-hybridized carbons (Fsp3) is 0.286. The zero-order chi connectivity index (χ0) is 19.9. The SMILES string of the molecule is O=C(NC(=S)Nc1cccc(C(=O)N2CCCCCC2)c1)c1cccc(Br)c1. The molecule has 1 fully saturated rings. The van der Waals surface area contributed by atoms with Crippen molar-refractivity contribution in [2.75, 3.05) is 18.4 Å². The zero-order valence-electron chi connectivity index (χ0n) is 15.4. The second-order valence-corrected chi connectivity index (χ2v) is 8.03. The van der Waals surface area contributed by atoms with Crippen LogP contribution in [0.15, 0.2) is 53.0 Å². The number of anilines is 1. The molecule has 2 N–H and O–H groups in total. The molecule has 0 radical (unpaired) electrons. The maximum Gasteiger partial charge on any atom is 0.257 e. The van der Waals surface area contributed by atoms with Gasteiger partial charge in [0.25, 0.3) is 11.8 Å². The van der Waals surface area contributed by atoms with Gasteiger partial charge in [0.1, 0.15) is 0 Å². The van der Waals surface area contributed by atoms with E-state index in [4.69, 9.17) is 12.2 Å². The lowest BCUT2D eigenvalue weighted by atomic mass is 10.1. The molecule has 0 spiro atoms. The quantitative estimate of drug-likeness (QED) is 0.658. The molecular weight excluding hydrogens is 438 g/mol. The van der Waals surface area contributed by atoms with Gasteiger partial charge in [-0.05, 0) is 61.5 Å². The third-order valence-corrected chi connectivity index (χ3v) is 5.27. The Labute approximate surface area is 178 Å². The van der Waals surface area contributed by atoms with Crippen LogP contribution in [0.1, 0.15) is 46.4 Å². The molecule has 5 nitrogen and oxygen atoms in total. The monoisotopic (exact) mass is 459 g/mol. The predicted octanol–water partition coefficient (Wildman–Crippen LogP) is 4.59. The number of nitrogens with zero attached hydrogens (tertiary/aromatic N) is 1. The molecule has 3 rings (SSSR count). The highest BCUT2D eigenvalue weighted by molar-refractivity contribution is 9.10. The van der Waals surface area contributed by atoms with E-state index in [9.17, 15) is 9.59 Å². The van der Waals surface area contributed by atoms with Crippen molar-refractivity contribution in [3.05, 3.63) is 64.1 Å². The Morgan fingerprint density at radius 3 is 2.32 bits per heavy atom. The van der Waals surface area contributed by atoms with Gasteiger partial charge in [0.15, 0.2) is 5.11 Å². The van der Waals surface area contributed by atoms with Crippen molar-refractivity contribution in [1.82, 2.24) is 10.2 Å². The molecule has 1 aliphatic heterocycles. The number of likely N-dealkylation sites (tertiary alicyclic amines) is 1. The summed E-state index contributed by atoms with van der Waals surface area (Å²) in [6.07, 6.45) is 4.46. The van der Waals surface area contributed by atoms with Crippen molar-refractivity contribution in [2.45, 2.75) is 25.7 Å². The Balaban J connectivity index is 1.62. The number of rotatable bonds is 3. The average molecular weight is 460 g/mol. The summed E-state index contributed by atoms with van der Waals surface area (Å²) in [6, 6.07) is 14.3. The van der Waals surface area contributed by atoms with Crippen LogP contribution < -0.4 is 10.6 Å². The van der Waals surface area contributed by atoms with E-state index < -0.39 is 0 Å². The first-order chi connectivity index (χ1) is 13.5. The highest BCUT2D eigenvalue weighted by atomic mass is 79.9. The number of nitrogens with one attached hydrogen (secondary N) is 2. The molecule has 1 heterocycles. The molecule has 2 aromatic carbocycles. The Bertz CT molecular complexity index is 879. The van der Waals surface area contributed by atoms with E-state index in [0.717, 1.165) is 30.4 Å². The maximum absolute atomic E-state index is 12.8. The standard InChI is InChI=1S/C21H22BrN3O2S/c22-17-9-5-7-15(13-17)19(26)24-21(28)23-18-10-6-8-16(14-18)20(27)25-11-3-1-2-4-12-25/h5-10,13-14H,1-4,11-12H2,(H2,23,24,26,28). The molecule has 1 saturated heterocycles. The second kappa shape index (κ2) is 9.80. The summed E-state index contributed by atoms with van der Waals surface area (Å²) in [5.41, 5.74) is 1.79. The number of carbonyl (C=O) groups excluding carboxylic acids is 2. The van der Waals surface area contributed by atoms with Crippen molar-refractivity contribution in [3.8, 4) is 0 Å². The smallest absolute Gasteiger partial charge is 0.257 e. The van der Waals surface area contributed by atoms with Gasteiger partial charge in [-0.25, -0.2) is 0 Å². The molecule has 0 bridgehead atoms. The maximum atomic E-state index is 12.8. The average Bonchev–Trinajstić information content (AvgIpc) is 2.97. The van der Waals surface area contributed by atoms with E-state index in [1.165, 1.54) is 12.8 Å². The Morgan fingerprint density at radius 1 is 0.929 bits per heavy atom. The molecule has 1 aliphatic rings. The lowest BCUT2D eigenvalue weighted by Crippen LogP contribution is -2.34. The van der Waals surface area contributed by atoms with Crippen LogP contribution in [0.4, 0.5) is 5.69 Å². The molecule has 0 atom stereocenters. The molecule has 2 aromatic rings. The highest BCUT2D eigenvalue weighted by Crippen LogP contribution is 2.17. The molecule has 2 amide bonds. The van der Waals surface area contributed by atoms with Gasteiger partial charge in [0.2, 0.25) is 0 Å². The van der Waals surface area contributed by atoms with Gasteiger partial charge in [-0.3, -0.25) is 14.9 Å². The molecular formula is C21H22BrN3O2S. The van der Waals surface area contributed by atoms with E-state index in [-0.39, 0.29) is 16.9 Å². The largest absolute Gasteiger partial charge is 0.339 e. The Kier molecular flexibility index (Phi) is 7.17. The molecule has 0 unspecified atom stereocenters. The molecule has 0 aliphatic carbocycles. The van der Waals surface area contributed by atoms with Crippen molar-refractivity contribution in [2.24, 2.45) is 0 Å². The molecule has 0 aromatic heterocycles. The molecule has 7 heteroatoms. The highest BCUT2D eigenvalue weighted by Gasteiger charge is 2.17. The summed E-state index contributed by atoms with van der Waals surface area (Å²) in [7, 11) is 0. The van der Waals surface area contributed by atoms with Crippen LogP contribution in [0.5, 0.6) is 0 Å². The zero-order valence-corrected chi connectivity index (χ0v) is 17.8. The van der Waals surface area contributed by atoms with Crippen molar-refractivity contribution in [1.29, 1.82) is 0 Å². The van der Waals surface area contributed by atoms with Crippen LogP contribution in [0.2, 0.25) is 0 Å². The van der Waals surface area contributed by atoms with Crippen LogP contribution >= 0.6 is 28.1 Å². The summed E-state index contributed by atoms with van der Waals surface area (Å²) in [6.45, 7) is 1.61. The Morgan fingerprint density at radius 2 is 1.61 bits per heavy atom. The molecule has 0 saturated carbocycles. The van der Waals surface area contributed by atoms with Gasteiger partial charge in [0, 0.05) is 34.4 Å². The molecule has 28 heavy (non-hydrogen) atoms. The lowest BCUT2D eigenvalue weighted by molar-refractivity contribution is 0.0761. The number of amides is 2. The Hall–Kier alpha value is -2.25. The fourth-order valence-corrected chi connectivity index (χ4v) is 3.76. The number of hydrogen-bond acceptors (Lipinski definition) is 3. The van der Waals surface area contributed by atoms with E-state index in [1.54, 1.807) is 24.3 Å². The predicted molar refractivity (Wildman–Crippen MR) is 119 cm³/mol. The minimum Gasteiger partial charge on any atom is -0.339 e. The minimum atomic E-state index is -0.296. The van der Waals surface area contributed by atoms with Gasteiger partial charge in [-0.2, -0.15) is 0 Å². The first-order valence-electron chi connectivity index (χ1n) is 9.30. The van der Waals surface area contributed by atoms with Gasteiger partial charge >= 0.3 is 0 Å². The minimum absolute atomic E-state index is 0.0367. The number of hydrogen-bond donors (Lipinski definition) is 2. The van der Waals surface area contributed by atoms with Crippen LogP contribution in [-0.4, -0.2) is 34.9 Å². The normalized spacial score (nSPS) is 14.1. The number of benzene rings is 2. The van der Waals surface area contributed by atoms with Gasteiger partial charge in [-0.15, -0.1) is 0 Å². The number of thiocarbonyl (C=S) groups is 1. The number of carbonyl (C=O) groups is 2. The fourth-order valence-electron chi connectivity index (χ4n) is 3.15. The van der Waals surface area contributed by atoms with E-state index >= 15 is 0 Å². The summed E-state index contributed by atoms with van der Waals surface area (Å²) >= 11 is 8.59. The second-order valence-electron chi connectivity index (χ2n) is 6.71. The van der Waals surface area contributed by atoms with Crippen LogP contribution in [0.25, 0.3) is 0 Å². The van der Waals surface area contributed by atoms with Gasteiger partial charge in [0.05, 0.1) is 0 Å². The summed E-state index contributed by atoms with van der Waals surface area (Å²) in [5, 5.41) is 5.83. The van der Waals surface area contributed by atoms with Crippen molar-refractivity contribution >= 4 is 50.8 Å². The van der Waals surface area contributed by atoms with E-state index in [1.807, 2.05) is 29.2 Å². The summed E-state index contributed by atoms with van der Waals surface area (Å²) in [4.78, 5) is 27.0. The van der Waals surface area contributed by atoms with Gasteiger partial charge in [-0.1, -0.05) is 40.9 Å². The number of halogens is 1. The third kappa shape index (κ3) is 5.62. The lowest BCUT2D eigenvalue weighted by Gasteiger charge is -2.20. The molecule has 146 valence electrons. The van der Waals surface area contributed by atoms with Crippen molar-refractivity contribution < 1.29 is 9.59 Å². The van der Waals surface area contributed by atoms with Gasteiger partial charge < -0.3 is 10.2 Å². The third-order valence-electron chi connectivity index (χ3n) is 4.57. The van der Waals surface area contributed by atoms with Crippen LogP contribution in [0.3, 0.4) is 0 Å². The van der Waals surface area contributed by atoms with Crippen LogP contribution in [0, 0.1) is 0 Å². The first-order valence-corrected chi connectivity index (χ1v) is 10.5. The topological polar surface area (TPSA) is 61.4 Å². The summed E-state index contributed by atoms with van der Waals surface area (Å²) < 4.78 is 0.818. The van der Waals surface area contributed by atoms with E-state index in [2.05, 4.69) is 26.6 Å². The van der Waals surface area contributed by atoms with Crippen molar-refractivity contribution in [3.63, 3.8) is 0 Å². The summed E-state index contributed by atoms with van der Waals surface area (Å²) in [5.74, 6) is -0.259.